The highest BCUT2D eigenvalue weighted by Gasteiger charge is 2.30. The molecule has 0 aliphatic carbocycles. The summed E-state index contributed by atoms with van der Waals surface area (Å²) < 4.78 is 0. The van der Waals surface area contributed by atoms with Crippen LogP contribution < -0.4 is 20.9 Å². The maximum absolute atomic E-state index is 13.1. The highest BCUT2D eigenvalue weighted by Crippen LogP contribution is 2.29. The summed E-state index contributed by atoms with van der Waals surface area (Å²) in [7, 11) is 4.00. The standard InChI is InChI=1S/C22H26N4OS/c1-13-6-9-17(12-14(13)2)24-21(27)19-15(3)23-22(28)25-20(19)16-7-10-18(11-8-16)26(4)5/h6-12,20H,1-5H3,(H,24,27)(H2,23,25,28)/t20-/m0/s1. The fourth-order valence-corrected chi connectivity index (χ4v) is 3.50. The largest absolute Gasteiger partial charge is 0.378 e. The first-order valence-electron chi connectivity index (χ1n) is 9.20. The van der Waals surface area contributed by atoms with Crippen molar-refractivity contribution < 1.29 is 4.79 Å². The first kappa shape index (κ1) is 19.9. The average Bonchev–Trinajstić information content (AvgIpc) is 2.64. The molecule has 1 amide bonds. The minimum absolute atomic E-state index is 0.148. The number of amides is 1. The second-order valence-corrected chi connectivity index (χ2v) is 7.72. The molecule has 0 bridgehead atoms. The van der Waals surface area contributed by atoms with Crippen LogP contribution in [0.3, 0.4) is 0 Å². The van der Waals surface area contributed by atoms with Crippen LogP contribution in [0.2, 0.25) is 0 Å². The van der Waals surface area contributed by atoms with Gasteiger partial charge in [-0.05, 0) is 73.9 Å². The average molecular weight is 395 g/mol. The van der Waals surface area contributed by atoms with Gasteiger partial charge < -0.3 is 20.9 Å². The third-order valence-electron chi connectivity index (χ3n) is 5.02. The molecule has 0 aromatic heterocycles. The highest BCUT2D eigenvalue weighted by atomic mass is 32.1. The fourth-order valence-electron chi connectivity index (χ4n) is 3.23. The van der Waals surface area contributed by atoms with E-state index in [2.05, 4.69) is 22.9 Å². The van der Waals surface area contributed by atoms with Crippen LogP contribution in [0.4, 0.5) is 11.4 Å². The first-order valence-corrected chi connectivity index (χ1v) is 9.61. The van der Waals surface area contributed by atoms with Crippen molar-refractivity contribution in [1.82, 2.24) is 10.6 Å². The Morgan fingerprint density at radius 2 is 1.71 bits per heavy atom. The summed E-state index contributed by atoms with van der Waals surface area (Å²) in [6.07, 6.45) is 0. The molecule has 3 N–H and O–H groups in total. The fraction of sp³-hybridized carbons (Fsp3) is 0.273. The van der Waals surface area contributed by atoms with Crippen LogP contribution in [0.5, 0.6) is 0 Å². The Morgan fingerprint density at radius 3 is 2.32 bits per heavy atom. The van der Waals surface area contributed by atoms with Gasteiger partial charge in [-0.3, -0.25) is 4.79 Å². The lowest BCUT2D eigenvalue weighted by Gasteiger charge is -2.30. The number of carbonyl (C=O) groups excluding carboxylic acids is 1. The second kappa shape index (κ2) is 8.02. The van der Waals surface area contributed by atoms with E-state index in [0.29, 0.717) is 10.7 Å². The Labute approximate surface area is 171 Å². The maximum atomic E-state index is 13.1. The Hall–Kier alpha value is -2.86. The van der Waals surface area contributed by atoms with Crippen molar-refractivity contribution in [3.05, 3.63) is 70.4 Å². The van der Waals surface area contributed by atoms with E-state index in [1.165, 1.54) is 5.56 Å². The molecule has 0 fully saturated rings. The number of benzene rings is 2. The molecule has 2 aromatic rings. The summed E-state index contributed by atoms with van der Waals surface area (Å²) in [6, 6.07) is 13.7. The van der Waals surface area contributed by atoms with E-state index in [0.717, 1.165) is 28.2 Å². The lowest BCUT2D eigenvalue weighted by atomic mass is 9.94. The van der Waals surface area contributed by atoms with Crippen LogP contribution in [-0.4, -0.2) is 25.1 Å². The number of aryl methyl sites for hydroxylation is 2. The third-order valence-corrected chi connectivity index (χ3v) is 5.24. The summed E-state index contributed by atoms with van der Waals surface area (Å²) >= 11 is 5.33. The molecule has 1 heterocycles. The molecule has 28 heavy (non-hydrogen) atoms. The summed E-state index contributed by atoms with van der Waals surface area (Å²) in [5.74, 6) is -0.148. The van der Waals surface area contributed by atoms with Gasteiger partial charge in [0.15, 0.2) is 5.11 Å². The number of nitrogens with zero attached hydrogens (tertiary/aromatic N) is 1. The molecule has 2 aromatic carbocycles. The summed E-state index contributed by atoms with van der Waals surface area (Å²) in [4.78, 5) is 15.2. The van der Waals surface area contributed by atoms with Crippen molar-refractivity contribution in [1.29, 1.82) is 0 Å². The molecule has 1 aliphatic rings. The SMILES string of the molecule is CC1=C(C(=O)Nc2ccc(C)c(C)c2)[C@H](c2ccc(N(C)C)cc2)NC(=S)N1. The van der Waals surface area contributed by atoms with Crippen LogP contribution >= 0.6 is 12.2 Å². The second-order valence-electron chi connectivity index (χ2n) is 7.31. The van der Waals surface area contributed by atoms with Crippen molar-refractivity contribution >= 4 is 34.6 Å². The van der Waals surface area contributed by atoms with E-state index in [9.17, 15) is 4.79 Å². The Morgan fingerprint density at radius 1 is 1.04 bits per heavy atom. The molecule has 3 rings (SSSR count). The van der Waals surface area contributed by atoms with Crippen LogP contribution in [0, 0.1) is 13.8 Å². The Balaban J connectivity index is 1.92. The third kappa shape index (κ3) is 4.17. The molecular weight excluding hydrogens is 368 g/mol. The highest BCUT2D eigenvalue weighted by molar-refractivity contribution is 7.80. The molecule has 0 unspecified atom stereocenters. The van der Waals surface area contributed by atoms with Crippen LogP contribution in [0.1, 0.15) is 29.7 Å². The lowest BCUT2D eigenvalue weighted by Crippen LogP contribution is -2.45. The van der Waals surface area contributed by atoms with Gasteiger partial charge in [-0.15, -0.1) is 0 Å². The van der Waals surface area contributed by atoms with E-state index < -0.39 is 0 Å². The van der Waals surface area contributed by atoms with Gasteiger partial charge in [0.05, 0.1) is 11.6 Å². The van der Waals surface area contributed by atoms with Gasteiger partial charge in [0.25, 0.3) is 5.91 Å². The molecule has 0 spiro atoms. The van der Waals surface area contributed by atoms with Gasteiger partial charge in [-0.2, -0.15) is 0 Å². The van der Waals surface area contributed by atoms with E-state index in [1.54, 1.807) is 0 Å². The van der Waals surface area contributed by atoms with Gasteiger partial charge in [0.2, 0.25) is 0 Å². The number of nitrogens with one attached hydrogen (secondary N) is 3. The van der Waals surface area contributed by atoms with Gasteiger partial charge in [-0.1, -0.05) is 18.2 Å². The number of allylic oxidation sites excluding steroid dienone is 1. The van der Waals surface area contributed by atoms with Gasteiger partial charge in [0, 0.05) is 31.2 Å². The van der Waals surface area contributed by atoms with Gasteiger partial charge in [-0.25, -0.2) is 0 Å². The minimum atomic E-state index is -0.309. The normalized spacial score (nSPS) is 16.3. The Bertz CT molecular complexity index is 948. The van der Waals surface area contributed by atoms with Crippen molar-refractivity contribution in [3.63, 3.8) is 0 Å². The number of anilines is 2. The topological polar surface area (TPSA) is 56.4 Å². The van der Waals surface area contributed by atoms with Gasteiger partial charge >= 0.3 is 0 Å². The van der Waals surface area contributed by atoms with E-state index in [-0.39, 0.29) is 11.9 Å². The number of rotatable bonds is 4. The zero-order valence-electron chi connectivity index (χ0n) is 16.9. The minimum Gasteiger partial charge on any atom is -0.378 e. The molecule has 1 atom stereocenters. The summed E-state index contributed by atoms with van der Waals surface area (Å²) in [5.41, 5.74) is 6.58. The molecule has 0 radical (unpaired) electrons. The Kier molecular flexibility index (Phi) is 5.70. The van der Waals surface area contributed by atoms with E-state index in [1.807, 2.05) is 75.3 Å². The van der Waals surface area contributed by atoms with Crippen molar-refractivity contribution in [2.75, 3.05) is 24.3 Å². The van der Waals surface area contributed by atoms with E-state index >= 15 is 0 Å². The summed E-state index contributed by atoms with van der Waals surface area (Å²) in [5, 5.41) is 9.86. The number of thiocarbonyl (C=S) groups is 1. The number of hydrogen-bond donors (Lipinski definition) is 3. The predicted molar refractivity (Wildman–Crippen MR) is 120 cm³/mol. The number of carbonyl (C=O) groups is 1. The molecule has 6 heteroatoms. The molecule has 0 saturated heterocycles. The molecule has 146 valence electrons. The molecule has 0 saturated carbocycles. The summed E-state index contributed by atoms with van der Waals surface area (Å²) in [6.45, 7) is 5.97. The molecule has 1 aliphatic heterocycles. The van der Waals surface area contributed by atoms with E-state index in [4.69, 9.17) is 12.2 Å². The van der Waals surface area contributed by atoms with Gasteiger partial charge in [0.1, 0.15) is 0 Å². The molecular formula is C22H26N4OS. The zero-order valence-corrected chi connectivity index (χ0v) is 17.7. The van der Waals surface area contributed by atoms with Crippen LogP contribution in [-0.2, 0) is 4.79 Å². The van der Waals surface area contributed by atoms with Crippen molar-refractivity contribution in [2.45, 2.75) is 26.8 Å². The predicted octanol–water partition coefficient (Wildman–Crippen LogP) is 3.80. The first-order chi connectivity index (χ1) is 13.3. The van der Waals surface area contributed by atoms with Crippen molar-refractivity contribution in [3.8, 4) is 0 Å². The van der Waals surface area contributed by atoms with Crippen LogP contribution in [0.15, 0.2) is 53.7 Å². The zero-order chi connectivity index (χ0) is 20.4. The maximum Gasteiger partial charge on any atom is 0.255 e. The quantitative estimate of drug-likeness (QED) is 0.689. The lowest BCUT2D eigenvalue weighted by molar-refractivity contribution is -0.113. The molecule has 5 nitrogen and oxygen atoms in total. The number of hydrogen-bond acceptors (Lipinski definition) is 3. The van der Waals surface area contributed by atoms with Crippen molar-refractivity contribution in [2.24, 2.45) is 0 Å². The smallest absolute Gasteiger partial charge is 0.255 e. The monoisotopic (exact) mass is 394 g/mol. The van der Waals surface area contributed by atoms with Crippen LogP contribution in [0.25, 0.3) is 0 Å².